The Morgan fingerprint density at radius 2 is 2.18 bits per heavy atom. The molecule has 4 nitrogen and oxygen atoms in total. The van der Waals surface area contributed by atoms with E-state index in [2.05, 4.69) is 22.4 Å². The maximum atomic E-state index is 13.2. The molecule has 5 heteroatoms. The van der Waals surface area contributed by atoms with Crippen molar-refractivity contribution in [2.45, 2.75) is 32.6 Å². The smallest absolute Gasteiger partial charge is 0.226 e. The van der Waals surface area contributed by atoms with Crippen LogP contribution in [-0.4, -0.2) is 23.2 Å². The van der Waals surface area contributed by atoms with Crippen LogP contribution in [0.5, 0.6) is 0 Å². The first-order valence-corrected chi connectivity index (χ1v) is 7.97. The van der Waals surface area contributed by atoms with E-state index < -0.39 is 0 Å². The highest BCUT2D eigenvalue weighted by atomic mass is 19.1. The molecule has 1 aliphatic heterocycles. The highest BCUT2D eigenvalue weighted by Gasteiger charge is 2.22. The van der Waals surface area contributed by atoms with Crippen LogP contribution in [0.15, 0.2) is 28.8 Å². The Balaban J connectivity index is 1.58. The zero-order valence-corrected chi connectivity index (χ0v) is 12.9. The molecule has 1 atom stereocenters. The molecule has 0 radical (unpaired) electrons. The lowest BCUT2D eigenvalue weighted by atomic mass is 9.84. The Bertz CT molecular complexity index is 607. The number of nitrogens with one attached hydrogen (secondary N) is 1. The van der Waals surface area contributed by atoms with Crippen LogP contribution in [0.2, 0.25) is 0 Å². The Morgan fingerprint density at radius 3 is 2.95 bits per heavy atom. The third-order valence-electron chi connectivity index (χ3n) is 4.45. The minimum absolute atomic E-state index is 0.235. The van der Waals surface area contributed by atoms with Crippen LogP contribution in [0.25, 0.3) is 0 Å². The first-order chi connectivity index (χ1) is 10.7. The molecular weight excluding hydrogens is 281 g/mol. The molecule has 3 rings (SSSR count). The van der Waals surface area contributed by atoms with E-state index in [1.165, 1.54) is 25.0 Å². The second-order valence-electron chi connectivity index (χ2n) is 6.18. The van der Waals surface area contributed by atoms with Crippen molar-refractivity contribution >= 4 is 0 Å². The minimum atomic E-state index is -0.235. The fourth-order valence-corrected chi connectivity index (χ4v) is 3.13. The minimum Gasteiger partial charge on any atom is -0.339 e. The van der Waals surface area contributed by atoms with Crippen LogP contribution in [0.3, 0.4) is 0 Å². The van der Waals surface area contributed by atoms with Crippen molar-refractivity contribution in [3.63, 3.8) is 0 Å². The molecule has 0 amide bonds. The SMILES string of the molecule is CC(Cc1nc(Cc2cccc(F)c2)no1)C1CCNCC1. The summed E-state index contributed by atoms with van der Waals surface area (Å²) >= 11 is 0. The van der Waals surface area contributed by atoms with Crippen LogP contribution < -0.4 is 5.32 Å². The number of nitrogens with zero attached hydrogens (tertiary/aromatic N) is 2. The van der Waals surface area contributed by atoms with Crippen molar-refractivity contribution in [3.8, 4) is 0 Å². The van der Waals surface area contributed by atoms with E-state index in [-0.39, 0.29) is 5.82 Å². The van der Waals surface area contributed by atoms with Crippen LogP contribution in [-0.2, 0) is 12.8 Å². The van der Waals surface area contributed by atoms with Crippen LogP contribution in [0.4, 0.5) is 4.39 Å². The number of piperidine rings is 1. The van der Waals surface area contributed by atoms with Crippen molar-refractivity contribution in [1.29, 1.82) is 0 Å². The van der Waals surface area contributed by atoms with Gasteiger partial charge < -0.3 is 9.84 Å². The second-order valence-corrected chi connectivity index (χ2v) is 6.18. The summed E-state index contributed by atoms with van der Waals surface area (Å²) in [4.78, 5) is 4.45. The Morgan fingerprint density at radius 1 is 1.36 bits per heavy atom. The van der Waals surface area contributed by atoms with Gasteiger partial charge in [0.1, 0.15) is 5.82 Å². The van der Waals surface area contributed by atoms with Crippen molar-refractivity contribution in [1.82, 2.24) is 15.5 Å². The molecule has 1 aromatic carbocycles. The van der Waals surface area contributed by atoms with Gasteiger partial charge in [-0.25, -0.2) is 4.39 Å². The molecule has 2 aromatic rings. The highest BCUT2D eigenvalue weighted by Crippen LogP contribution is 2.24. The van der Waals surface area contributed by atoms with Crippen molar-refractivity contribution < 1.29 is 8.91 Å². The maximum absolute atomic E-state index is 13.2. The zero-order valence-electron chi connectivity index (χ0n) is 12.9. The van der Waals surface area contributed by atoms with Gasteiger partial charge in [-0.2, -0.15) is 4.98 Å². The lowest BCUT2D eigenvalue weighted by Gasteiger charge is -2.27. The number of aromatic nitrogens is 2. The molecule has 0 saturated carbocycles. The average molecular weight is 303 g/mol. The summed E-state index contributed by atoms with van der Waals surface area (Å²) in [6, 6.07) is 6.52. The lowest BCUT2D eigenvalue weighted by Crippen LogP contribution is -2.31. The van der Waals surface area contributed by atoms with Gasteiger partial charge in [0.2, 0.25) is 5.89 Å². The summed E-state index contributed by atoms with van der Waals surface area (Å²) in [7, 11) is 0. The Hall–Kier alpha value is -1.75. The third-order valence-corrected chi connectivity index (χ3v) is 4.45. The molecule has 1 aromatic heterocycles. The molecule has 0 bridgehead atoms. The van der Waals surface area contributed by atoms with Gasteiger partial charge in [0.25, 0.3) is 0 Å². The topological polar surface area (TPSA) is 51.0 Å². The number of hydrogen-bond donors (Lipinski definition) is 1. The summed E-state index contributed by atoms with van der Waals surface area (Å²) in [5.41, 5.74) is 0.860. The molecule has 1 saturated heterocycles. The van der Waals surface area contributed by atoms with Gasteiger partial charge in [-0.1, -0.05) is 24.2 Å². The van der Waals surface area contributed by atoms with E-state index in [1.54, 1.807) is 6.07 Å². The van der Waals surface area contributed by atoms with Crippen molar-refractivity contribution in [2.75, 3.05) is 13.1 Å². The summed E-state index contributed by atoms with van der Waals surface area (Å²) in [5, 5.41) is 7.41. The molecule has 2 heterocycles. The first-order valence-electron chi connectivity index (χ1n) is 7.97. The van der Waals surface area contributed by atoms with Gasteiger partial charge in [-0.15, -0.1) is 0 Å². The molecule has 1 fully saturated rings. The quantitative estimate of drug-likeness (QED) is 0.922. The van der Waals surface area contributed by atoms with Crippen molar-refractivity contribution in [2.24, 2.45) is 11.8 Å². The number of rotatable bonds is 5. The van der Waals surface area contributed by atoms with E-state index >= 15 is 0 Å². The monoisotopic (exact) mass is 303 g/mol. The average Bonchev–Trinajstić information content (AvgIpc) is 2.95. The van der Waals surface area contributed by atoms with Gasteiger partial charge in [0.15, 0.2) is 5.82 Å². The van der Waals surface area contributed by atoms with Gasteiger partial charge in [0.05, 0.1) is 0 Å². The van der Waals surface area contributed by atoms with E-state index in [9.17, 15) is 4.39 Å². The van der Waals surface area contributed by atoms with Gasteiger partial charge in [0, 0.05) is 12.8 Å². The standard InChI is InChI=1S/C17H22FN3O/c1-12(14-5-7-19-8-6-14)9-17-20-16(21-22-17)11-13-3-2-4-15(18)10-13/h2-4,10,12,14,19H,5-9,11H2,1H3. The summed E-state index contributed by atoms with van der Waals surface area (Å²) in [6.07, 6.45) is 3.75. The lowest BCUT2D eigenvalue weighted by molar-refractivity contribution is 0.252. The molecule has 1 aliphatic rings. The third kappa shape index (κ3) is 3.91. The second kappa shape index (κ2) is 7.01. The number of benzene rings is 1. The summed E-state index contributed by atoms with van der Waals surface area (Å²) in [6.45, 7) is 4.46. The Kier molecular flexibility index (Phi) is 4.83. The van der Waals surface area contributed by atoms with E-state index in [1.807, 2.05) is 6.07 Å². The summed E-state index contributed by atoms with van der Waals surface area (Å²) < 4.78 is 18.5. The number of hydrogen-bond acceptors (Lipinski definition) is 4. The van der Waals surface area contributed by atoms with Crippen LogP contribution in [0, 0.1) is 17.7 Å². The normalized spacial score (nSPS) is 17.5. The van der Waals surface area contributed by atoms with E-state index in [0.29, 0.717) is 24.1 Å². The van der Waals surface area contributed by atoms with Crippen LogP contribution in [0.1, 0.15) is 37.0 Å². The van der Waals surface area contributed by atoms with E-state index in [0.717, 1.165) is 31.0 Å². The molecule has 1 N–H and O–H groups in total. The van der Waals surface area contributed by atoms with Gasteiger partial charge in [-0.3, -0.25) is 0 Å². The first kappa shape index (κ1) is 15.2. The maximum Gasteiger partial charge on any atom is 0.226 e. The van der Waals surface area contributed by atoms with E-state index in [4.69, 9.17) is 4.52 Å². The predicted molar refractivity (Wildman–Crippen MR) is 82.0 cm³/mol. The van der Waals surface area contributed by atoms with Gasteiger partial charge in [-0.05, 0) is 55.5 Å². The molecule has 1 unspecified atom stereocenters. The van der Waals surface area contributed by atoms with Crippen molar-refractivity contribution in [3.05, 3.63) is 47.4 Å². The Labute approximate surface area is 130 Å². The fraction of sp³-hybridized carbons (Fsp3) is 0.529. The molecule has 0 aliphatic carbocycles. The van der Waals surface area contributed by atoms with Crippen LogP contribution >= 0.6 is 0 Å². The molecule has 22 heavy (non-hydrogen) atoms. The summed E-state index contributed by atoms with van der Waals surface area (Å²) in [5.74, 6) is 2.35. The molecular formula is C17H22FN3O. The zero-order chi connectivity index (χ0) is 15.4. The number of halogens is 1. The fourth-order valence-electron chi connectivity index (χ4n) is 3.13. The molecule has 118 valence electrons. The predicted octanol–water partition coefficient (Wildman–Crippen LogP) is 2.98. The highest BCUT2D eigenvalue weighted by molar-refractivity contribution is 5.19. The van der Waals surface area contributed by atoms with Gasteiger partial charge >= 0.3 is 0 Å². The largest absolute Gasteiger partial charge is 0.339 e. The molecule has 0 spiro atoms.